The summed E-state index contributed by atoms with van der Waals surface area (Å²) in [6, 6.07) is 6.07. The van der Waals surface area contributed by atoms with Gasteiger partial charge in [-0.1, -0.05) is 11.6 Å². The summed E-state index contributed by atoms with van der Waals surface area (Å²) in [4.78, 5) is 25.8. The van der Waals surface area contributed by atoms with Crippen molar-refractivity contribution in [3.05, 3.63) is 98.6 Å². The molecule has 2 amide bonds. The number of alkyl halides is 3. The van der Waals surface area contributed by atoms with E-state index in [4.69, 9.17) is 11.6 Å². The highest BCUT2D eigenvalue weighted by molar-refractivity contribution is 6.31. The van der Waals surface area contributed by atoms with Crippen molar-refractivity contribution in [2.24, 2.45) is 0 Å². The van der Waals surface area contributed by atoms with Gasteiger partial charge in [-0.15, -0.1) is 0 Å². The normalized spacial score (nSPS) is 16.7. The van der Waals surface area contributed by atoms with Crippen molar-refractivity contribution in [2.75, 3.05) is 11.9 Å². The number of carbonyl (C=O) groups excluding carboxylic acids is 2. The molecule has 0 bridgehead atoms. The first-order chi connectivity index (χ1) is 17.2. The van der Waals surface area contributed by atoms with Crippen LogP contribution in [0.5, 0.6) is 0 Å². The summed E-state index contributed by atoms with van der Waals surface area (Å²) in [5.74, 6) is -3.82. The molecule has 194 valence electrons. The molecule has 0 saturated carbocycles. The Morgan fingerprint density at radius 3 is 2.41 bits per heavy atom. The molecular formula is C25H18ClF5N2O4. The molecule has 0 saturated heterocycles. The van der Waals surface area contributed by atoms with Crippen LogP contribution in [0.25, 0.3) is 0 Å². The molecule has 6 nitrogen and oxygen atoms in total. The smallest absolute Gasteiger partial charge is 0.393 e. The predicted octanol–water partition coefficient (Wildman–Crippen LogP) is 4.92. The van der Waals surface area contributed by atoms with Crippen molar-refractivity contribution in [3.63, 3.8) is 0 Å². The minimum atomic E-state index is -4.92. The van der Waals surface area contributed by atoms with Gasteiger partial charge in [-0.2, -0.15) is 13.2 Å². The Labute approximate surface area is 211 Å². The van der Waals surface area contributed by atoms with Crippen LogP contribution in [0.2, 0.25) is 5.02 Å². The number of benzene rings is 3. The summed E-state index contributed by atoms with van der Waals surface area (Å²) in [7, 11) is 0. The SMILES string of the molecule is CC(O)(CO)c1cc(NC(=O)c2cc(F)cc(C(F)(F)F)c2)c2c(c1)C(=O)NC2c1cc(F)ccc1Cl. The van der Waals surface area contributed by atoms with Crippen LogP contribution in [0.4, 0.5) is 27.6 Å². The third-order valence-electron chi connectivity index (χ3n) is 5.92. The van der Waals surface area contributed by atoms with E-state index in [1.165, 1.54) is 25.1 Å². The number of aliphatic hydroxyl groups is 2. The minimum Gasteiger partial charge on any atom is -0.393 e. The Hall–Kier alpha value is -3.54. The molecule has 3 aromatic rings. The third-order valence-corrected chi connectivity index (χ3v) is 6.27. The maximum Gasteiger partial charge on any atom is 0.416 e. The van der Waals surface area contributed by atoms with Crippen molar-refractivity contribution < 1.29 is 41.8 Å². The van der Waals surface area contributed by atoms with Crippen LogP contribution < -0.4 is 10.6 Å². The zero-order chi connectivity index (χ0) is 27.3. The molecular weight excluding hydrogens is 523 g/mol. The van der Waals surface area contributed by atoms with Crippen molar-refractivity contribution in [1.82, 2.24) is 5.32 Å². The lowest BCUT2D eigenvalue weighted by atomic mass is 9.89. The Morgan fingerprint density at radius 2 is 1.76 bits per heavy atom. The molecule has 0 spiro atoms. The first kappa shape index (κ1) is 26.5. The third kappa shape index (κ3) is 5.15. The van der Waals surface area contributed by atoms with Crippen LogP contribution in [0.3, 0.4) is 0 Å². The molecule has 0 radical (unpaired) electrons. The zero-order valence-corrected chi connectivity index (χ0v) is 19.6. The van der Waals surface area contributed by atoms with E-state index in [2.05, 4.69) is 10.6 Å². The van der Waals surface area contributed by atoms with Crippen molar-refractivity contribution >= 4 is 29.1 Å². The second-order valence-corrected chi connectivity index (χ2v) is 9.08. The molecule has 4 rings (SSSR count). The van der Waals surface area contributed by atoms with Crippen molar-refractivity contribution in [1.29, 1.82) is 0 Å². The quantitative estimate of drug-likeness (QED) is 0.345. The lowest BCUT2D eigenvalue weighted by Gasteiger charge is -2.24. The van der Waals surface area contributed by atoms with E-state index in [0.29, 0.717) is 12.1 Å². The highest BCUT2D eigenvalue weighted by Crippen LogP contribution is 2.41. The monoisotopic (exact) mass is 540 g/mol. The number of hydrogen-bond donors (Lipinski definition) is 4. The predicted molar refractivity (Wildman–Crippen MR) is 123 cm³/mol. The maximum atomic E-state index is 14.0. The molecule has 12 heteroatoms. The van der Waals surface area contributed by atoms with Gasteiger partial charge >= 0.3 is 6.18 Å². The molecule has 1 aliphatic rings. The molecule has 2 atom stereocenters. The van der Waals surface area contributed by atoms with Crippen LogP contribution in [-0.2, 0) is 11.8 Å². The Kier molecular flexibility index (Phi) is 6.74. The number of fused-ring (bicyclic) bond motifs is 1. The van der Waals surface area contributed by atoms with Gasteiger partial charge in [0.1, 0.15) is 17.2 Å². The lowest BCUT2D eigenvalue weighted by molar-refractivity contribution is -0.137. The average molecular weight is 541 g/mol. The topological polar surface area (TPSA) is 98.7 Å². The van der Waals surface area contributed by atoms with E-state index in [1.54, 1.807) is 0 Å². The number of rotatable bonds is 5. The summed E-state index contributed by atoms with van der Waals surface area (Å²) < 4.78 is 67.4. The van der Waals surface area contributed by atoms with E-state index in [9.17, 15) is 41.8 Å². The van der Waals surface area contributed by atoms with Crippen molar-refractivity contribution in [3.8, 4) is 0 Å². The van der Waals surface area contributed by atoms with Gasteiger partial charge in [0.25, 0.3) is 11.8 Å². The molecule has 1 heterocycles. The van der Waals surface area contributed by atoms with Gasteiger partial charge in [0.05, 0.1) is 18.2 Å². The van der Waals surface area contributed by atoms with E-state index in [1.807, 2.05) is 0 Å². The van der Waals surface area contributed by atoms with Crippen molar-refractivity contribution in [2.45, 2.75) is 24.7 Å². The summed E-state index contributed by atoms with van der Waals surface area (Å²) in [5, 5.41) is 25.2. The Bertz CT molecular complexity index is 1420. The van der Waals surface area contributed by atoms with Gasteiger partial charge in [-0.25, -0.2) is 8.78 Å². The molecule has 3 aromatic carbocycles. The summed E-state index contributed by atoms with van der Waals surface area (Å²) in [6.45, 7) is 0.453. The molecule has 0 fully saturated rings. The number of halogens is 6. The molecule has 37 heavy (non-hydrogen) atoms. The van der Waals surface area contributed by atoms with Crippen LogP contribution in [0.15, 0.2) is 48.5 Å². The number of aliphatic hydroxyl groups excluding tert-OH is 1. The van der Waals surface area contributed by atoms with Gasteiger partial charge < -0.3 is 20.8 Å². The number of carbonyl (C=O) groups is 2. The van der Waals surface area contributed by atoms with E-state index < -0.39 is 59.0 Å². The fourth-order valence-electron chi connectivity index (χ4n) is 3.99. The molecule has 0 aliphatic carbocycles. The second kappa shape index (κ2) is 9.40. The zero-order valence-electron chi connectivity index (χ0n) is 18.9. The fourth-order valence-corrected chi connectivity index (χ4v) is 4.21. The molecule has 4 N–H and O–H groups in total. The van der Waals surface area contributed by atoms with E-state index in [0.717, 1.165) is 12.1 Å². The standard InChI is InChI=1S/C25H18ClF5N2O4/c1-24(37,10-34)12-7-17-20(21(33-23(17)36)16-9-14(27)2-3-18(16)26)19(8-12)32-22(35)11-4-13(25(29,30)31)6-15(28)5-11/h2-9,21,34,37H,10H2,1H3,(H,32,35)(H,33,36). The van der Waals surface area contributed by atoms with Crippen LogP contribution in [0, 0.1) is 11.6 Å². The second-order valence-electron chi connectivity index (χ2n) is 8.67. The van der Waals surface area contributed by atoms with E-state index >= 15 is 0 Å². The largest absolute Gasteiger partial charge is 0.416 e. The summed E-state index contributed by atoms with van der Waals surface area (Å²) in [5.41, 5.74) is -3.98. The average Bonchev–Trinajstić information content (AvgIpc) is 3.16. The van der Waals surface area contributed by atoms with Gasteiger partial charge in [0, 0.05) is 33.0 Å². The van der Waals surface area contributed by atoms with Gasteiger partial charge in [0.2, 0.25) is 0 Å². The molecule has 2 unspecified atom stereocenters. The first-order valence-corrected chi connectivity index (χ1v) is 11.1. The summed E-state index contributed by atoms with van der Waals surface area (Å²) >= 11 is 6.22. The number of amides is 2. The Balaban J connectivity index is 1.88. The van der Waals surface area contributed by atoms with Gasteiger partial charge in [-0.05, 0) is 61.0 Å². The minimum absolute atomic E-state index is 0.0135. The highest BCUT2D eigenvalue weighted by atomic mass is 35.5. The summed E-state index contributed by atoms with van der Waals surface area (Å²) in [6.07, 6.45) is -4.92. The first-order valence-electron chi connectivity index (χ1n) is 10.7. The van der Waals surface area contributed by atoms with Crippen LogP contribution in [0.1, 0.15) is 55.9 Å². The van der Waals surface area contributed by atoms with Crippen LogP contribution in [-0.4, -0.2) is 28.6 Å². The number of nitrogens with one attached hydrogen (secondary N) is 2. The molecule has 0 aromatic heterocycles. The van der Waals surface area contributed by atoms with Gasteiger partial charge in [0.15, 0.2) is 0 Å². The highest BCUT2D eigenvalue weighted by Gasteiger charge is 2.37. The van der Waals surface area contributed by atoms with Gasteiger partial charge in [-0.3, -0.25) is 9.59 Å². The fraction of sp³-hybridized carbons (Fsp3) is 0.200. The number of hydrogen-bond acceptors (Lipinski definition) is 4. The van der Waals surface area contributed by atoms with E-state index in [-0.39, 0.29) is 39.0 Å². The Morgan fingerprint density at radius 1 is 1.05 bits per heavy atom. The van der Waals surface area contributed by atoms with Crippen LogP contribution >= 0.6 is 11.6 Å². The lowest BCUT2D eigenvalue weighted by Crippen LogP contribution is -2.27. The maximum absolute atomic E-state index is 14.0. The molecule has 1 aliphatic heterocycles. The number of anilines is 1.